The molecule has 0 saturated carbocycles. The van der Waals surface area contributed by atoms with Crippen LogP contribution in [0.2, 0.25) is 0 Å². The normalized spacial score (nSPS) is 11.7. The standard InChI is InChI=1S/C68H46N4/c1-68(59-21-3-2-4-22-59,60-35-31-49(32-36-60)62-43-64(55-27-23-45-13-5-9-17-51(45)39-55)71-66(69-62)57-29-25-47-15-7-11-19-53(47)41-57)61-37-33-50(34-38-61)63-44-65(56-28-24-46-14-6-10-18-52(46)40-56)72-67(70-63)58-30-26-48-16-8-12-20-54(48)42-58/h2-44H,1H3. The van der Waals surface area contributed by atoms with Gasteiger partial charge < -0.3 is 0 Å². The number of aromatic nitrogens is 4. The highest BCUT2D eigenvalue weighted by Gasteiger charge is 2.31. The molecule has 338 valence electrons. The molecule has 0 fully saturated rings. The van der Waals surface area contributed by atoms with Crippen LogP contribution >= 0.6 is 0 Å². The highest BCUT2D eigenvalue weighted by atomic mass is 14.9. The van der Waals surface area contributed by atoms with Crippen molar-refractivity contribution in [3.8, 4) is 67.8 Å². The van der Waals surface area contributed by atoms with Crippen molar-refractivity contribution in [2.75, 3.05) is 0 Å². The Labute approximate surface area is 418 Å². The second-order valence-electron chi connectivity index (χ2n) is 18.8. The summed E-state index contributed by atoms with van der Waals surface area (Å²) in [5.74, 6) is 1.38. The van der Waals surface area contributed by atoms with Gasteiger partial charge in [-0.3, -0.25) is 0 Å². The molecule has 0 aliphatic carbocycles. The summed E-state index contributed by atoms with van der Waals surface area (Å²) in [5, 5.41) is 9.42. The predicted molar refractivity (Wildman–Crippen MR) is 299 cm³/mol. The molecule has 0 aliphatic heterocycles. The first-order valence-electron chi connectivity index (χ1n) is 24.5. The molecule has 4 nitrogen and oxygen atoms in total. The van der Waals surface area contributed by atoms with Crippen molar-refractivity contribution in [1.82, 2.24) is 19.9 Å². The van der Waals surface area contributed by atoms with E-state index in [2.05, 4.69) is 268 Å². The van der Waals surface area contributed by atoms with Crippen LogP contribution < -0.4 is 0 Å². The first kappa shape index (κ1) is 42.7. The van der Waals surface area contributed by atoms with Crippen molar-refractivity contribution in [3.63, 3.8) is 0 Å². The zero-order valence-corrected chi connectivity index (χ0v) is 39.6. The van der Waals surface area contributed by atoms with Gasteiger partial charge in [0.1, 0.15) is 0 Å². The summed E-state index contributed by atoms with van der Waals surface area (Å²) in [5.41, 5.74) is 12.6. The first-order valence-corrected chi connectivity index (χ1v) is 24.5. The van der Waals surface area contributed by atoms with Gasteiger partial charge in [0.05, 0.1) is 22.8 Å². The lowest BCUT2D eigenvalue weighted by molar-refractivity contribution is 0.693. The van der Waals surface area contributed by atoms with E-state index in [1.807, 2.05) is 0 Å². The monoisotopic (exact) mass is 918 g/mol. The van der Waals surface area contributed by atoms with Crippen molar-refractivity contribution in [2.45, 2.75) is 12.3 Å². The van der Waals surface area contributed by atoms with Crippen LogP contribution in [-0.2, 0) is 5.41 Å². The lowest BCUT2D eigenvalue weighted by atomic mass is 9.71. The number of hydrogen-bond donors (Lipinski definition) is 0. The summed E-state index contributed by atoms with van der Waals surface area (Å²) >= 11 is 0. The van der Waals surface area contributed by atoms with Crippen LogP contribution in [0.4, 0.5) is 0 Å². The van der Waals surface area contributed by atoms with E-state index in [1.54, 1.807) is 0 Å². The number of fused-ring (bicyclic) bond motifs is 4. The summed E-state index contributed by atoms with van der Waals surface area (Å²) in [6.07, 6.45) is 0. The summed E-state index contributed by atoms with van der Waals surface area (Å²) in [7, 11) is 0. The van der Waals surface area contributed by atoms with E-state index in [0.717, 1.165) is 66.9 Å². The molecular weight excluding hydrogens is 873 g/mol. The molecule has 0 atom stereocenters. The molecule has 0 aliphatic rings. The molecule has 0 spiro atoms. The van der Waals surface area contributed by atoms with E-state index >= 15 is 0 Å². The van der Waals surface area contributed by atoms with Gasteiger partial charge in [-0.1, -0.05) is 224 Å². The molecule has 0 amide bonds. The Hall–Kier alpha value is -9.38. The Bertz CT molecular complexity index is 3720. The van der Waals surface area contributed by atoms with Crippen molar-refractivity contribution in [1.29, 1.82) is 0 Å². The third-order valence-corrected chi connectivity index (χ3v) is 14.4. The molecule has 0 N–H and O–H groups in total. The summed E-state index contributed by atoms with van der Waals surface area (Å²) in [4.78, 5) is 21.0. The molecule has 0 radical (unpaired) electrons. The van der Waals surface area contributed by atoms with E-state index in [4.69, 9.17) is 19.9 Å². The largest absolute Gasteiger partial charge is 0.228 e. The maximum absolute atomic E-state index is 5.27. The second kappa shape index (κ2) is 17.9. The third kappa shape index (κ3) is 7.95. The fourth-order valence-electron chi connectivity index (χ4n) is 10.3. The van der Waals surface area contributed by atoms with E-state index < -0.39 is 5.41 Å². The average molecular weight is 919 g/mol. The Morgan fingerprint density at radius 2 is 0.486 bits per heavy atom. The van der Waals surface area contributed by atoms with Crippen LogP contribution in [0.3, 0.4) is 0 Å². The molecule has 2 aromatic heterocycles. The molecule has 0 saturated heterocycles. The zero-order valence-electron chi connectivity index (χ0n) is 39.6. The Kier molecular flexibility index (Phi) is 10.6. The molecule has 0 bridgehead atoms. The van der Waals surface area contributed by atoms with Gasteiger partial charge in [-0.05, 0) is 103 Å². The number of rotatable bonds is 9. The lowest BCUT2D eigenvalue weighted by Gasteiger charge is -2.32. The maximum Gasteiger partial charge on any atom is 0.160 e. The van der Waals surface area contributed by atoms with Gasteiger partial charge >= 0.3 is 0 Å². The van der Waals surface area contributed by atoms with E-state index in [1.165, 1.54) is 49.0 Å². The summed E-state index contributed by atoms with van der Waals surface area (Å²) in [6.45, 7) is 2.33. The molecule has 0 unspecified atom stereocenters. The minimum atomic E-state index is -0.491. The van der Waals surface area contributed by atoms with Crippen molar-refractivity contribution < 1.29 is 0 Å². The second-order valence-corrected chi connectivity index (χ2v) is 18.8. The lowest BCUT2D eigenvalue weighted by Crippen LogP contribution is -2.25. The van der Waals surface area contributed by atoms with Gasteiger partial charge in [0, 0.05) is 38.8 Å². The van der Waals surface area contributed by atoms with Gasteiger partial charge in [0.15, 0.2) is 11.6 Å². The fourth-order valence-corrected chi connectivity index (χ4v) is 10.3. The molecule has 2 heterocycles. The van der Waals surface area contributed by atoms with Crippen LogP contribution in [0.15, 0.2) is 261 Å². The minimum absolute atomic E-state index is 0.491. The molecule has 72 heavy (non-hydrogen) atoms. The van der Waals surface area contributed by atoms with Crippen LogP contribution in [0, 0.1) is 0 Å². The number of nitrogens with zero attached hydrogens (tertiary/aromatic N) is 4. The average Bonchev–Trinajstić information content (AvgIpc) is 3.46. The van der Waals surface area contributed by atoms with Crippen LogP contribution in [0.5, 0.6) is 0 Å². The zero-order chi connectivity index (χ0) is 48.0. The van der Waals surface area contributed by atoms with E-state index in [-0.39, 0.29) is 0 Å². The predicted octanol–water partition coefficient (Wildman–Crippen LogP) is 17.2. The van der Waals surface area contributed by atoms with Crippen LogP contribution in [-0.4, -0.2) is 19.9 Å². The van der Waals surface area contributed by atoms with E-state index in [0.29, 0.717) is 11.6 Å². The SMILES string of the molecule is CC(c1ccccc1)(c1ccc(-c2cc(-c3ccc4ccccc4c3)nc(-c3ccc4ccccc4c3)n2)cc1)c1ccc(-c2cc(-c3ccc4ccccc4c3)nc(-c3ccc4ccccc4c3)n2)cc1. The van der Waals surface area contributed by atoms with Crippen LogP contribution in [0.1, 0.15) is 23.6 Å². The molecule has 13 rings (SSSR count). The summed E-state index contributed by atoms with van der Waals surface area (Å²) in [6, 6.07) is 92.8. The highest BCUT2D eigenvalue weighted by molar-refractivity contribution is 5.91. The van der Waals surface area contributed by atoms with Gasteiger partial charge in [-0.25, -0.2) is 19.9 Å². The number of hydrogen-bond acceptors (Lipinski definition) is 4. The molecule has 4 heteroatoms. The molecular formula is C68H46N4. The van der Waals surface area contributed by atoms with Crippen molar-refractivity contribution >= 4 is 43.1 Å². The molecule has 11 aromatic carbocycles. The topological polar surface area (TPSA) is 51.6 Å². The van der Waals surface area contributed by atoms with Gasteiger partial charge in [0.2, 0.25) is 0 Å². The van der Waals surface area contributed by atoms with E-state index in [9.17, 15) is 0 Å². The Morgan fingerprint density at radius 3 is 0.847 bits per heavy atom. The van der Waals surface area contributed by atoms with Gasteiger partial charge in [-0.2, -0.15) is 0 Å². The van der Waals surface area contributed by atoms with Crippen LogP contribution in [0.25, 0.3) is 111 Å². The highest BCUT2D eigenvalue weighted by Crippen LogP contribution is 2.41. The quantitative estimate of drug-likeness (QED) is 0.135. The Morgan fingerprint density at radius 1 is 0.222 bits per heavy atom. The third-order valence-electron chi connectivity index (χ3n) is 14.4. The first-order chi connectivity index (χ1) is 35.5. The molecule has 13 aromatic rings. The summed E-state index contributed by atoms with van der Waals surface area (Å²) < 4.78 is 0. The number of benzene rings is 11. The van der Waals surface area contributed by atoms with Gasteiger partial charge in [0.25, 0.3) is 0 Å². The maximum atomic E-state index is 5.27. The van der Waals surface area contributed by atoms with Gasteiger partial charge in [-0.15, -0.1) is 0 Å². The smallest absolute Gasteiger partial charge is 0.160 e. The fraction of sp³-hybridized carbons (Fsp3) is 0.0294. The minimum Gasteiger partial charge on any atom is -0.228 e. The Balaban J connectivity index is 0.891. The van der Waals surface area contributed by atoms with Crippen molar-refractivity contribution in [2.24, 2.45) is 0 Å². The van der Waals surface area contributed by atoms with Crippen molar-refractivity contribution in [3.05, 3.63) is 278 Å².